The van der Waals surface area contributed by atoms with Gasteiger partial charge in [-0.25, -0.2) is 9.37 Å². The van der Waals surface area contributed by atoms with Crippen molar-refractivity contribution in [2.24, 2.45) is 0 Å². The summed E-state index contributed by atoms with van der Waals surface area (Å²) in [5.41, 5.74) is 1.28. The molecule has 4 nitrogen and oxygen atoms in total. The molecule has 0 aliphatic carbocycles. The zero-order chi connectivity index (χ0) is 17.6. The van der Waals surface area contributed by atoms with Gasteiger partial charge < -0.3 is 10.6 Å². The second-order valence-corrected chi connectivity index (χ2v) is 6.13. The van der Waals surface area contributed by atoms with E-state index in [9.17, 15) is 4.39 Å². The van der Waals surface area contributed by atoms with Gasteiger partial charge in [0.15, 0.2) is 0 Å². The van der Waals surface area contributed by atoms with Crippen LogP contribution in [0.3, 0.4) is 0 Å². The Labute approximate surface area is 155 Å². The molecule has 2 aromatic carbocycles. The van der Waals surface area contributed by atoms with Crippen LogP contribution in [-0.4, -0.2) is 16.5 Å². The van der Waals surface area contributed by atoms with E-state index in [2.05, 4.69) is 20.6 Å². The van der Waals surface area contributed by atoms with E-state index in [-0.39, 0.29) is 5.82 Å². The Morgan fingerprint density at radius 1 is 1.04 bits per heavy atom. The van der Waals surface area contributed by atoms with Gasteiger partial charge in [-0.05, 0) is 42.3 Å². The topological polar surface area (TPSA) is 49.8 Å². The number of hydrogen-bond donors (Lipinski definition) is 2. The molecule has 0 spiro atoms. The average Bonchev–Trinajstić information content (AvgIpc) is 2.60. The first-order chi connectivity index (χ1) is 12.1. The molecule has 3 rings (SSSR count). The Morgan fingerprint density at radius 2 is 1.88 bits per heavy atom. The predicted octanol–water partition coefficient (Wildman–Crippen LogP) is 5.32. The third-order valence-corrected chi connectivity index (χ3v) is 4.05. The Bertz CT molecular complexity index is 873. The van der Waals surface area contributed by atoms with E-state index >= 15 is 0 Å². The average molecular weight is 377 g/mol. The molecule has 1 aromatic heterocycles. The van der Waals surface area contributed by atoms with Crippen LogP contribution in [0, 0.1) is 5.82 Å². The highest BCUT2D eigenvalue weighted by Crippen LogP contribution is 2.27. The maximum Gasteiger partial charge on any atom is 0.229 e. The molecule has 0 saturated heterocycles. The lowest BCUT2D eigenvalue weighted by atomic mass is 10.1. The van der Waals surface area contributed by atoms with Crippen molar-refractivity contribution in [2.45, 2.75) is 6.42 Å². The summed E-state index contributed by atoms with van der Waals surface area (Å²) in [6.45, 7) is 0.551. The standard InChI is InChI=1S/C18H15Cl2FN4/c19-13-5-6-14(20)16(11-13)24-18-23-10-8-17(25-18)22-9-7-12-3-1-2-4-15(12)21/h1-6,8,10-11H,7,9H2,(H2,22,23,24,25). The highest BCUT2D eigenvalue weighted by atomic mass is 35.5. The van der Waals surface area contributed by atoms with Crippen LogP contribution >= 0.6 is 23.2 Å². The number of aromatic nitrogens is 2. The molecule has 0 aliphatic rings. The van der Waals surface area contributed by atoms with Crippen molar-refractivity contribution >= 4 is 40.7 Å². The van der Waals surface area contributed by atoms with Gasteiger partial charge in [0.2, 0.25) is 5.95 Å². The summed E-state index contributed by atoms with van der Waals surface area (Å²) in [6.07, 6.45) is 2.18. The third-order valence-electron chi connectivity index (χ3n) is 3.49. The maximum absolute atomic E-state index is 13.6. The first-order valence-electron chi connectivity index (χ1n) is 7.64. The van der Waals surface area contributed by atoms with Crippen molar-refractivity contribution in [1.29, 1.82) is 0 Å². The maximum atomic E-state index is 13.6. The SMILES string of the molecule is Fc1ccccc1CCNc1ccnc(Nc2cc(Cl)ccc2Cl)n1. The van der Waals surface area contributed by atoms with Gasteiger partial charge in [-0.3, -0.25) is 0 Å². The van der Waals surface area contributed by atoms with E-state index in [1.807, 2.05) is 6.07 Å². The Hall–Kier alpha value is -2.37. The molecule has 0 fully saturated rings. The molecule has 0 aliphatic heterocycles. The number of anilines is 3. The van der Waals surface area contributed by atoms with E-state index in [0.717, 1.165) is 0 Å². The summed E-state index contributed by atoms with van der Waals surface area (Å²) >= 11 is 12.1. The molecule has 0 saturated carbocycles. The second kappa shape index (κ2) is 8.14. The summed E-state index contributed by atoms with van der Waals surface area (Å²) < 4.78 is 13.6. The Morgan fingerprint density at radius 3 is 2.72 bits per heavy atom. The number of halogens is 3. The van der Waals surface area contributed by atoms with Crippen LogP contribution < -0.4 is 10.6 Å². The highest BCUT2D eigenvalue weighted by molar-refractivity contribution is 6.35. The van der Waals surface area contributed by atoms with Crippen molar-refractivity contribution in [3.63, 3.8) is 0 Å². The van der Waals surface area contributed by atoms with Crippen LogP contribution in [0.2, 0.25) is 10.0 Å². The largest absolute Gasteiger partial charge is 0.370 e. The number of hydrogen-bond acceptors (Lipinski definition) is 4. The molecule has 0 bridgehead atoms. The Balaban J connectivity index is 1.63. The minimum absolute atomic E-state index is 0.204. The molecule has 2 N–H and O–H groups in total. The monoisotopic (exact) mass is 376 g/mol. The van der Waals surface area contributed by atoms with E-state index in [4.69, 9.17) is 23.2 Å². The van der Waals surface area contributed by atoms with Crippen molar-refractivity contribution in [2.75, 3.05) is 17.2 Å². The van der Waals surface area contributed by atoms with Gasteiger partial charge in [0.05, 0.1) is 10.7 Å². The number of nitrogens with one attached hydrogen (secondary N) is 2. The van der Waals surface area contributed by atoms with Crippen LogP contribution in [0.15, 0.2) is 54.7 Å². The van der Waals surface area contributed by atoms with Crippen LogP contribution in [0.4, 0.5) is 21.8 Å². The predicted molar refractivity (Wildman–Crippen MR) is 100 cm³/mol. The zero-order valence-corrected chi connectivity index (χ0v) is 14.7. The van der Waals surface area contributed by atoms with Crippen LogP contribution in [0.1, 0.15) is 5.56 Å². The van der Waals surface area contributed by atoms with Crippen LogP contribution in [0.25, 0.3) is 0 Å². The van der Waals surface area contributed by atoms with E-state index in [0.29, 0.717) is 46.0 Å². The van der Waals surface area contributed by atoms with Gasteiger partial charge in [-0.15, -0.1) is 0 Å². The highest BCUT2D eigenvalue weighted by Gasteiger charge is 2.05. The molecular weight excluding hydrogens is 362 g/mol. The fourth-order valence-corrected chi connectivity index (χ4v) is 2.59. The third kappa shape index (κ3) is 4.81. The van der Waals surface area contributed by atoms with Crippen molar-refractivity contribution < 1.29 is 4.39 Å². The molecule has 25 heavy (non-hydrogen) atoms. The van der Waals surface area contributed by atoms with Crippen LogP contribution in [0.5, 0.6) is 0 Å². The smallest absolute Gasteiger partial charge is 0.229 e. The van der Waals surface area contributed by atoms with Gasteiger partial charge in [-0.2, -0.15) is 4.98 Å². The molecule has 0 atom stereocenters. The van der Waals surface area contributed by atoms with Gasteiger partial charge in [-0.1, -0.05) is 41.4 Å². The van der Waals surface area contributed by atoms with E-state index in [1.165, 1.54) is 6.07 Å². The van der Waals surface area contributed by atoms with E-state index < -0.39 is 0 Å². The lowest BCUT2D eigenvalue weighted by Crippen LogP contribution is -2.08. The summed E-state index contributed by atoms with van der Waals surface area (Å²) in [4.78, 5) is 8.53. The first-order valence-corrected chi connectivity index (χ1v) is 8.40. The summed E-state index contributed by atoms with van der Waals surface area (Å²) in [6, 6.07) is 13.6. The first kappa shape index (κ1) is 17.5. The molecular formula is C18H15Cl2FN4. The summed E-state index contributed by atoms with van der Waals surface area (Å²) in [5, 5.41) is 7.27. The zero-order valence-electron chi connectivity index (χ0n) is 13.1. The van der Waals surface area contributed by atoms with E-state index in [1.54, 1.807) is 42.6 Å². The van der Waals surface area contributed by atoms with Crippen molar-refractivity contribution in [3.8, 4) is 0 Å². The van der Waals surface area contributed by atoms with Gasteiger partial charge >= 0.3 is 0 Å². The molecule has 1 heterocycles. The quantitative estimate of drug-likeness (QED) is 0.610. The number of rotatable bonds is 6. The minimum atomic E-state index is -0.204. The summed E-state index contributed by atoms with van der Waals surface area (Å²) in [5.74, 6) is 0.817. The van der Waals surface area contributed by atoms with Gasteiger partial charge in [0.1, 0.15) is 11.6 Å². The fraction of sp³-hybridized carbons (Fsp3) is 0.111. The molecule has 0 radical (unpaired) electrons. The van der Waals surface area contributed by atoms with Crippen molar-refractivity contribution in [3.05, 3.63) is 76.2 Å². The second-order valence-electron chi connectivity index (χ2n) is 5.28. The summed E-state index contributed by atoms with van der Waals surface area (Å²) in [7, 11) is 0. The molecule has 0 amide bonds. The van der Waals surface area contributed by atoms with Crippen molar-refractivity contribution in [1.82, 2.24) is 9.97 Å². The fourth-order valence-electron chi connectivity index (χ4n) is 2.26. The molecule has 3 aromatic rings. The molecule has 7 heteroatoms. The molecule has 0 unspecified atom stereocenters. The van der Waals surface area contributed by atoms with Crippen LogP contribution in [-0.2, 0) is 6.42 Å². The lowest BCUT2D eigenvalue weighted by Gasteiger charge is -2.10. The van der Waals surface area contributed by atoms with Gasteiger partial charge in [0, 0.05) is 17.8 Å². The number of benzene rings is 2. The van der Waals surface area contributed by atoms with Gasteiger partial charge in [0.25, 0.3) is 0 Å². The normalized spacial score (nSPS) is 10.5. The minimum Gasteiger partial charge on any atom is -0.370 e. The Kier molecular flexibility index (Phi) is 5.68. The lowest BCUT2D eigenvalue weighted by molar-refractivity contribution is 0.610. The molecule has 128 valence electrons. The number of nitrogens with zero attached hydrogens (tertiary/aromatic N) is 2.